The van der Waals surface area contributed by atoms with Crippen molar-refractivity contribution in [3.63, 3.8) is 0 Å². The van der Waals surface area contributed by atoms with Gasteiger partial charge in [-0.05, 0) is 0 Å². The summed E-state index contributed by atoms with van der Waals surface area (Å²) < 4.78 is 0. The molecule has 50 valence electrons. The van der Waals surface area contributed by atoms with Gasteiger partial charge in [-0.1, -0.05) is 16.9 Å². The van der Waals surface area contributed by atoms with E-state index in [-0.39, 0.29) is 0 Å². The zero-order valence-corrected chi connectivity index (χ0v) is 5.89. The predicted octanol–water partition coefficient (Wildman–Crippen LogP) is 0.702. The monoisotopic (exact) mass is 145 g/mol. The smallest absolute Gasteiger partial charge is 0.189 e. The molecule has 0 amide bonds. The summed E-state index contributed by atoms with van der Waals surface area (Å²) >= 11 is 1.56. The van der Waals surface area contributed by atoms with E-state index in [0.29, 0.717) is 0 Å². The number of hydrogen-bond donors (Lipinski definition) is 0. The van der Waals surface area contributed by atoms with Crippen LogP contribution in [0.15, 0.2) is 10.4 Å². The number of nitroso groups, excluding NO2 is 1. The molecule has 9 heavy (non-hydrogen) atoms. The zero-order chi connectivity index (χ0) is 6.69. The predicted molar refractivity (Wildman–Crippen MR) is 38.3 cm³/mol. The number of nitrogens with zero attached hydrogens (tertiary/aromatic N) is 3. The second kappa shape index (κ2) is 2.82. The maximum absolute atomic E-state index is 9.63. The third-order valence-corrected chi connectivity index (χ3v) is 2.15. The fourth-order valence-electron chi connectivity index (χ4n) is 0.620. The van der Waals surface area contributed by atoms with E-state index < -0.39 is 0 Å². The highest BCUT2D eigenvalue weighted by Gasteiger charge is 2.14. The lowest BCUT2D eigenvalue weighted by atomic mass is 10.7. The third kappa shape index (κ3) is 1.41. The SMILES string of the molecule is CN1CCS/C1=N/N=O. The van der Waals surface area contributed by atoms with Crippen molar-refractivity contribution in [1.29, 1.82) is 0 Å². The van der Waals surface area contributed by atoms with Crippen LogP contribution in [-0.2, 0) is 0 Å². The van der Waals surface area contributed by atoms with Crippen LogP contribution in [0.3, 0.4) is 0 Å². The van der Waals surface area contributed by atoms with Gasteiger partial charge in [0.25, 0.3) is 0 Å². The first-order valence-corrected chi connectivity index (χ1v) is 3.57. The second-order valence-corrected chi connectivity index (χ2v) is 2.80. The lowest BCUT2D eigenvalue weighted by molar-refractivity contribution is 0.561. The molecule has 0 spiro atoms. The van der Waals surface area contributed by atoms with E-state index in [1.807, 2.05) is 11.9 Å². The van der Waals surface area contributed by atoms with Crippen LogP contribution in [0.4, 0.5) is 0 Å². The molecule has 0 atom stereocenters. The van der Waals surface area contributed by atoms with Crippen LogP contribution in [0.25, 0.3) is 0 Å². The van der Waals surface area contributed by atoms with Gasteiger partial charge in [0.2, 0.25) is 0 Å². The number of hydrogen-bond acceptors (Lipinski definition) is 3. The van der Waals surface area contributed by atoms with Crippen molar-refractivity contribution in [3.8, 4) is 0 Å². The Balaban J connectivity index is 2.58. The average molecular weight is 145 g/mol. The van der Waals surface area contributed by atoms with Crippen molar-refractivity contribution in [1.82, 2.24) is 4.90 Å². The summed E-state index contributed by atoms with van der Waals surface area (Å²) in [6.45, 7) is 0.957. The molecule has 1 aliphatic rings. The summed E-state index contributed by atoms with van der Waals surface area (Å²) in [5, 5.41) is 6.55. The van der Waals surface area contributed by atoms with Crippen LogP contribution in [-0.4, -0.2) is 29.4 Å². The molecule has 0 aliphatic carbocycles. The van der Waals surface area contributed by atoms with Crippen LogP contribution in [0.5, 0.6) is 0 Å². The largest absolute Gasteiger partial charge is 0.352 e. The Labute approximate surface area is 57.3 Å². The maximum atomic E-state index is 9.63. The van der Waals surface area contributed by atoms with Crippen molar-refractivity contribution in [2.45, 2.75) is 0 Å². The molecule has 4 nitrogen and oxygen atoms in total. The summed E-state index contributed by atoms with van der Waals surface area (Å²) in [7, 11) is 1.89. The van der Waals surface area contributed by atoms with E-state index in [2.05, 4.69) is 10.4 Å². The Morgan fingerprint density at radius 3 is 3.00 bits per heavy atom. The minimum Gasteiger partial charge on any atom is -0.352 e. The molecule has 0 saturated carbocycles. The fourth-order valence-corrected chi connectivity index (χ4v) is 1.57. The normalized spacial score (nSPS) is 23.2. The lowest BCUT2D eigenvalue weighted by Crippen LogP contribution is -2.17. The summed E-state index contributed by atoms with van der Waals surface area (Å²) in [5.41, 5.74) is 0. The molecule has 0 aromatic heterocycles. The Hall–Kier alpha value is -0.580. The van der Waals surface area contributed by atoms with Gasteiger partial charge in [0.1, 0.15) is 0 Å². The molecule has 1 saturated heterocycles. The maximum Gasteiger partial charge on any atom is 0.189 e. The molecule has 0 unspecified atom stereocenters. The standard InChI is InChI=1S/C4H7N3OS/c1-7-2-3-9-4(7)5-6-8/h2-3H2,1H3/b5-4+. The van der Waals surface area contributed by atoms with Crippen molar-refractivity contribution < 1.29 is 0 Å². The summed E-state index contributed by atoms with van der Waals surface area (Å²) in [6, 6.07) is 0. The van der Waals surface area contributed by atoms with Crippen LogP contribution >= 0.6 is 11.8 Å². The third-order valence-electron chi connectivity index (χ3n) is 1.11. The summed E-state index contributed by atoms with van der Waals surface area (Å²) in [6.07, 6.45) is 0. The van der Waals surface area contributed by atoms with Gasteiger partial charge in [-0.3, -0.25) is 0 Å². The molecule has 1 rings (SSSR count). The number of rotatable bonds is 1. The van der Waals surface area contributed by atoms with Gasteiger partial charge in [-0.15, -0.1) is 4.91 Å². The van der Waals surface area contributed by atoms with Crippen molar-refractivity contribution in [3.05, 3.63) is 4.91 Å². The van der Waals surface area contributed by atoms with Gasteiger partial charge < -0.3 is 4.90 Å². The highest BCUT2D eigenvalue weighted by atomic mass is 32.2. The van der Waals surface area contributed by atoms with Crippen LogP contribution in [0.1, 0.15) is 0 Å². The number of thioether (sulfide) groups is 1. The lowest BCUT2D eigenvalue weighted by Gasteiger charge is -2.05. The summed E-state index contributed by atoms with van der Waals surface area (Å²) in [5.74, 6) is 1.00. The van der Waals surface area contributed by atoms with Crippen molar-refractivity contribution in [2.24, 2.45) is 10.4 Å². The minimum atomic E-state index is 0.727. The van der Waals surface area contributed by atoms with Crippen LogP contribution in [0, 0.1) is 4.91 Å². The van der Waals surface area contributed by atoms with E-state index in [9.17, 15) is 4.91 Å². The van der Waals surface area contributed by atoms with Gasteiger partial charge in [0.05, 0.1) is 5.29 Å². The Morgan fingerprint density at radius 2 is 2.56 bits per heavy atom. The molecule has 0 N–H and O–H groups in total. The molecule has 1 aliphatic heterocycles. The first-order chi connectivity index (χ1) is 4.34. The van der Waals surface area contributed by atoms with Gasteiger partial charge in [0.15, 0.2) is 5.17 Å². The van der Waals surface area contributed by atoms with E-state index >= 15 is 0 Å². The van der Waals surface area contributed by atoms with E-state index in [0.717, 1.165) is 17.5 Å². The Bertz CT molecular complexity index is 147. The second-order valence-electron chi connectivity index (χ2n) is 1.73. The van der Waals surface area contributed by atoms with Crippen LogP contribution < -0.4 is 0 Å². The topological polar surface area (TPSA) is 45.0 Å². The first kappa shape index (κ1) is 6.54. The van der Waals surface area contributed by atoms with Crippen molar-refractivity contribution >= 4 is 16.9 Å². The Morgan fingerprint density at radius 1 is 1.78 bits per heavy atom. The molecular formula is C4H7N3OS. The zero-order valence-electron chi connectivity index (χ0n) is 5.07. The molecule has 1 fully saturated rings. The van der Waals surface area contributed by atoms with Gasteiger partial charge in [0, 0.05) is 19.3 Å². The van der Waals surface area contributed by atoms with Gasteiger partial charge >= 0.3 is 0 Å². The fraction of sp³-hybridized carbons (Fsp3) is 0.750. The van der Waals surface area contributed by atoms with Crippen LogP contribution in [0.2, 0.25) is 0 Å². The Kier molecular flexibility index (Phi) is 2.05. The average Bonchev–Trinajstić information content (AvgIpc) is 2.18. The number of amidine groups is 1. The highest BCUT2D eigenvalue weighted by Crippen LogP contribution is 2.15. The van der Waals surface area contributed by atoms with E-state index in [1.165, 1.54) is 0 Å². The molecule has 0 aromatic carbocycles. The first-order valence-electron chi connectivity index (χ1n) is 2.59. The molecular weight excluding hydrogens is 138 g/mol. The van der Waals surface area contributed by atoms with Crippen molar-refractivity contribution in [2.75, 3.05) is 19.3 Å². The highest BCUT2D eigenvalue weighted by molar-refractivity contribution is 8.14. The quantitative estimate of drug-likeness (QED) is 0.403. The van der Waals surface area contributed by atoms with Gasteiger partial charge in [-0.25, -0.2) is 0 Å². The molecule has 0 radical (unpaired) electrons. The van der Waals surface area contributed by atoms with E-state index in [1.54, 1.807) is 11.8 Å². The molecule has 5 heteroatoms. The molecule has 0 bridgehead atoms. The van der Waals surface area contributed by atoms with Gasteiger partial charge in [-0.2, -0.15) is 0 Å². The van der Waals surface area contributed by atoms with E-state index in [4.69, 9.17) is 0 Å². The molecule has 0 aromatic rings. The minimum absolute atomic E-state index is 0.727. The molecule has 1 heterocycles. The summed E-state index contributed by atoms with van der Waals surface area (Å²) in [4.78, 5) is 11.5.